The van der Waals surface area contributed by atoms with Crippen LogP contribution in [0.4, 0.5) is 5.82 Å². The molecule has 0 amide bonds. The van der Waals surface area contributed by atoms with Gasteiger partial charge in [-0.2, -0.15) is 0 Å². The molecule has 0 aliphatic rings. The molecule has 156 valence electrons. The second-order valence-corrected chi connectivity index (χ2v) is 7.35. The molecule has 0 unspecified atom stereocenters. The second-order valence-electron chi connectivity index (χ2n) is 6.53. The van der Waals surface area contributed by atoms with Gasteiger partial charge in [-0.3, -0.25) is 9.78 Å². The third-order valence-electron chi connectivity index (χ3n) is 4.16. The van der Waals surface area contributed by atoms with Crippen molar-refractivity contribution in [1.29, 1.82) is 0 Å². The smallest absolute Gasteiger partial charge is 0.365 e. The average molecular weight is 460 g/mol. The lowest BCUT2D eigenvalue weighted by Gasteiger charge is -2.12. The van der Waals surface area contributed by atoms with E-state index in [4.69, 9.17) is 34.5 Å². The van der Waals surface area contributed by atoms with Crippen LogP contribution in [-0.2, 0) is 0 Å². The van der Waals surface area contributed by atoms with Crippen LogP contribution >= 0.6 is 23.2 Å². The van der Waals surface area contributed by atoms with Gasteiger partial charge in [0.2, 0.25) is 11.5 Å². The van der Waals surface area contributed by atoms with E-state index in [1.165, 1.54) is 16.8 Å². The predicted octanol–water partition coefficient (Wildman–Crippen LogP) is 2.53. The number of ether oxygens (including phenoxy) is 1. The zero-order valence-electron chi connectivity index (χ0n) is 15.9. The highest BCUT2D eigenvalue weighted by Crippen LogP contribution is 2.38. The monoisotopic (exact) mass is 459 g/mol. The van der Waals surface area contributed by atoms with Crippen molar-refractivity contribution in [3.8, 4) is 17.3 Å². The lowest BCUT2D eigenvalue weighted by atomic mass is 10.1. The number of rotatable bonds is 4. The molecule has 0 aliphatic heterocycles. The van der Waals surface area contributed by atoms with Crippen molar-refractivity contribution in [2.24, 2.45) is 0 Å². The van der Waals surface area contributed by atoms with Crippen LogP contribution in [0.25, 0.3) is 16.2 Å². The molecule has 31 heavy (non-hydrogen) atoms. The molecule has 4 aromatic rings. The van der Waals surface area contributed by atoms with E-state index in [0.717, 1.165) is 10.2 Å². The van der Waals surface area contributed by atoms with Gasteiger partial charge in [0.05, 0.1) is 15.7 Å². The molecule has 14 heteroatoms. The van der Waals surface area contributed by atoms with Crippen molar-refractivity contribution in [2.75, 3.05) is 0 Å². The quantitative estimate of drug-likeness (QED) is 0.459. The van der Waals surface area contributed by atoms with Crippen molar-refractivity contribution in [2.45, 2.75) is 19.8 Å². The second kappa shape index (κ2) is 7.78. The highest BCUT2D eigenvalue weighted by Gasteiger charge is 2.19. The van der Waals surface area contributed by atoms with Crippen LogP contribution in [0.1, 0.15) is 25.3 Å². The van der Waals surface area contributed by atoms with Gasteiger partial charge in [-0.15, -0.1) is 19.5 Å². The lowest BCUT2D eigenvalue weighted by molar-refractivity contribution is 0.445. The Balaban J connectivity index is 1.78. The van der Waals surface area contributed by atoms with E-state index in [2.05, 4.69) is 30.6 Å². The minimum atomic E-state index is -0.890. The number of hydrogen-bond acceptors (Lipinski definition) is 8. The summed E-state index contributed by atoms with van der Waals surface area (Å²) in [6, 6.07) is 4.37. The molecule has 1 aromatic carbocycles. The van der Waals surface area contributed by atoms with Gasteiger partial charge in [0.1, 0.15) is 0 Å². The first-order valence-corrected chi connectivity index (χ1v) is 9.41. The van der Waals surface area contributed by atoms with Crippen LogP contribution in [0.3, 0.4) is 0 Å². The molecule has 0 atom stereocenters. The first-order valence-electron chi connectivity index (χ1n) is 8.66. The van der Waals surface area contributed by atoms with E-state index in [1.807, 2.05) is 18.8 Å². The molecule has 3 heterocycles. The van der Waals surface area contributed by atoms with Crippen molar-refractivity contribution >= 4 is 34.7 Å². The van der Waals surface area contributed by atoms with Crippen LogP contribution in [0.15, 0.2) is 27.8 Å². The van der Waals surface area contributed by atoms with E-state index in [1.54, 1.807) is 6.07 Å². The highest BCUT2D eigenvalue weighted by atomic mass is 35.5. The molecule has 0 bridgehead atoms. The summed E-state index contributed by atoms with van der Waals surface area (Å²) in [7, 11) is 0. The number of fused-ring (bicyclic) bond motifs is 1. The Hall–Kier alpha value is -3.82. The lowest BCUT2D eigenvalue weighted by Crippen LogP contribution is -2.30. The van der Waals surface area contributed by atoms with Gasteiger partial charge in [0, 0.05) is 11.6 Å². The van der Waals surface area contributed by atoms with Gasteiger partial charge in [-0.25, -0.2) is 4.79 Å². The number of benzene rings is 1. The molecule has 0 radical (unpaired) electrons. The largest absolute Gasteiger partial charge is 0.434 e. The maximum atomic E-state index is 12.1. The zero-order valence-corrected chi connectivity index (χ0v) is 17.4. The van der Waals surface area contributed by atoms with Crippen molar-refractivity contribution in [3.63, 3.8) is 0 Å². The standard InChI is InChI=1S/C17H11Cl2N9O3/c1-7(2)9-6-12(23-28-15(9)22-25-26-28)31-13-10(18)4-8(5-11(13)19)27-17(30)21-16(29)14(20-3)24-27/h4-7H,1-2H3,(H,21,29,30). The summed E-state index contributed by atoms with van der Waals surface area (Å²) in [6.45, 7) is 10.9. The maximum absolute atomic E-state index is 12.1. The van der Waals surface area contributed by atoms with Gasteiger partial charge in [-0.1, -0.05) is 43.6 Å². The Labute approximate surface area is 182 Å². The van der Waals surface area contributed by atoms with E-state index in [0.29, 0.717) is 5.65 Å². The fraction of sp³-hybridized carbons (Fsp3) is 0.176. The number of halogens is 2. The summed E-state index contributed by atoms with van der Waals surface area (Å²) in [5, 5.41) is 19.3. The van der Waals surface area contributed by atoms with Gasteiger partial charge in [-0.05, 0) is 33.6 Å². The van der Waals surface area contributed by atoms with Crippen molar-refractivity contribution < 1.29 is 4.74 Å². The summed E-state index contributed by atoms with van der Waals surface area (Å²) < 4.78 is 7.82. The summed E-state index contributed by atoms with van der Waals surface area (Å²) in [6.07, 6.45) is 0. The van der Waals surface area contributed by atoms with Crippen molar-refractivity contribution in [3.05, 3.63) is 66.1 Å². The topological polar surface area (TPSA) is 137 Å². The molecule has 1 N–H and O–H groups in total. The van der Waals surface area contributed by atoms with Gasteiger partial charge < -0.3 is 9.58 Å². The van der Waals surface area contributed by atoms with Crippen LogP contribution in [0.5, 0.6) is 11.6 Å². The number of tetrazole rings is 1. The molecule has 12 nitrogen and oxygen atoms in total. The van der Waals surface area contributed by atoms with E-state index < -0.39 is 17.1 Å². The molecule has 0 saturated carbocycles. The number of aromatic nitrogens is 8. The first-order chi connectivity index (χ1) is 14.8. The Morgan fingerprint density at radius 1 is 1.16 bits per heavy atom. The third-order valence-corrected chi connectivity index (χ3v) is 4.72. The maximum Gasteiger partial charge on any atom is 0.365 e. The fourth-order valence-electron chi connectivity index (χ4n) is 2.73. The summed E-state index contributed by atoms with van der Waals surface area (Å²) in [5.74, 6) is -0.200. The predicted molar refractivity (Wildman–Crippen MR) is 109 cm³/mol. The van der Waals surface area contributed by atoms with Crippen molar-refractivity contribution in [1.82, 2.24) is 40.0 Å². The Morgan fingerprint density at radius 2 is 1.87 bits per heavy atom. The number of hydrogen-bond donors (Lipinski definition) is 1. The number of H-pyrrole nitrogens is 1. The molecule has 0 spiro atoms. The third kappa shape index (κ3) is 3.72. The zero-order chi connectivity index (χ0) is 22.3. The van der Waals surface area contributed by atoms with Gasteiger partial charge >= 0.3 is 11.5 Å². The van der Waals surface area contributed by atoms with E-state index in [9.17, 15) is 9.59 Å². The molecule has 0 fully saturated rings. The SMILES string of the molecule is [C-]#[N+]c1nn(-c2cc(Cl)c(Oc3cc(C(C)C)c4nnnn4n3)c(Cl)c2)c(=O)[nH]c1=O. The van der Waals surface area contributed by atoms with Gasteiger partial charge in [0.15, 0.2) is 5.75 Å². The summed E-state index contributed by atoms with van der Waals surface area (Å²) in [4.78, 5) is 28.6. The van der Waals surface area contributed by atoms with E-state index in [-0.39, 0.29) is 33.3 Å². The number of nitrogens with zero attached hydrogens (tertiary/aromatic N) is 8. The molecule has 3 aromatic heterocycles. The molecular weight excluding hydrogens is 449 g/mol. The molecule has 4 rings (SSSR count). The Kier molecular flexibility index (Phi) is 5.14. The minimum Gasteiger partial charge on any atom is -0.434 e. The van der Waals surface area contributed by atoms with Crippen LogP contribution < -0.4 is 16.0 Å². The van der Waals surface area contributed by atoms with E-state index >= 15 is 0 Å². The molecule has 0 aliphatic carbocycles. The molecule has 0 saturated heterocycles. The Morgan fingerprint density at radius 3 is 2.52 bits per heavy atom. The van der Waals surface area contributed by atoms with Gasteiger partial charge in [0.25, 0.3) is 5.56 Å². The number of nitrogens with one attached hydrogen (secondary N) is 1. The summed E-state index contributed by atoms with van der Waals surface area (Å²) >= 11 is 12.7. The van der Waals surface area contributed by atoms with Crippen LogP contribution in [0.2, 0.25) is 10.0 Å². The molecular formula is C17H11Cl2N9O3. The normalized spacial score (nSPS) is 11.1. The Bertz CT molecular complexity index is 1460. The minimum absolute atomic E-state index is 0.0384. The fourth-order valence-corrected chi connectivity index (χ4v) is 3.28. The first kappa shape index (κ1) is 20.5. The summed E-state index contributed by atoms with van der Waals surface area (Å²) in [5.41, 5.74) is -0.326. The van der Waals surface area contributed by atoms with Crippen LogP contribution in [-0.4, -0.2) is 40.0 Å². The number of aromatic amines is 1. The highest BCUT2D eigenvalue weighted by molar-refractivity contribution is 6.37. The average Bonchev–Trinajstić information content (AvgIpc) is 3.18. The van der Waals surface area contributed by atoms with Crippen LogP contribution in [0, 0.1) is 6.57 Å².